The lowest BCUT2D eigenvalue weighted by Gasteiger charge is -2.10. The lowest BCUT2D eigenvalue weighted by Crippen LogP contribution is -2.22. The number of hydrogen-bond acceptors (Lipinski definition) is 2. The minimum atomic E-state index is 0.477. The zero-order valence-electron chi connectivity index (χ0n) is 7.59. The molecule has 2 heteroatoms. The first-order valence-corrected chi connectivity index (χ1v) is 5.04. The van der Waals surface area contributed by atoms with E-state index >= 15 is 0 Å². The van der Waals surface area contributed by atoms with Gasteiger partial charge in [0.15, 0.2) is 0 Å². The summed E-state index contributed by atoms with van der Waals surface area (Å²) in [5.74, 6) is 0.972. The van der Waals surface area contributed by atoms with Gasteiger partial charge in [-0.15, -0.1) is 0 Å². The molecule has 0 saturated heterocycles. The molecule has 0 bridgehead atoms. The molecule has 68 valence electrons. The molecular weight excluding hydrogens is 160 g/mol. The van der Waals surface area contributed by atoms with Crippen molar-refractivity contribution in [1.82, 2.24) is 0 Å². The Morgan fingerprint density at radius 2 is 1.69 bits per heavy atom. The van der Waals surface area contributed by atoms with Crippen molar-refractivity contribution in [3.05, 3.63) is 24.3 Å². The number of rotatable bonds is 2. The van der Waals surface area contributed by atoms with Crippen molar-refractivity contribution >= 4 is 11.4 Å². The molecule has 0 radical (unpaired) electrons. The Bertz CT molecular complexity index is 293. The van der Waals surface area contributed by atoms with Crippen molar-refractivity contribution in [1.29, 1.82) is 0 Å². The summed E-state index contributed by atoms with van der Waals surface area (Å²) >= 11 is 0. The van der Waals surface area contributed by atoms with Crippen LogP contribution in [0.15, 0.2) is 24.3 Å². The number of anilines is 2. The molecule has 1 saturated carbocycles. The summed E-state index contributed by atoms with van der Waals surface area (Å²) in [5.41, 5.74) is 2.52. The predicted molar refractivity (Wildman–Crippen MR) is 54.8 cm³/mol. The van der Waals surface area contributed by atoms with Gasteiger partial charge in [0.2, 0.25) is 0 Å². The molecule has 1 fully saturated rings. The molecule has 0 spiro atoms. The predicted octanol–water partition coefficient (Wildman–Crippen LogP) is 2.65. The van der Waals surface area contributed by atoms with E-state index in [4.69, 9.17) is 0 Å². The zero-order valence-corrected chi connectivity index (χ0v) is 7.59. The van der Waals surface area contributed by atoms with Crippen LogP contribution < -0.4 is 10.6 Å². The van der Waals surface area contributed by atoms with Crippen LogP contribution in [-0.4, -0.2) is 6.17 Å². The molecule has 1 heterocycles. The Morgan fingerprint density at radius 3 is 2.23 bits per heavy atom. The van der Waals surface area contributed by atoms with E-state index in [9.17, 15) is 0 Å². The summed E-state index contributed by atoms with van der Waals surface area (Å²) < 4.78 is 0. The third kappa shape index (κ3) is 1.37. The Kier molecular flexibility index (Phi) is 1.48. The standard InChI is InChI=1S/C11H14N2/c1-2-4-10-9(3-1)12-11(13-10)7-8-5-6-8/h1-4,8,11-13H,5-7H2. The van der Waals surface area contributed by atoms with Crippen LogP contribution >= 0.6 is 0 Å². The Labute approximate surface area is 78.3 Å². The van der Waals surface area contributed by atoms with Gasteiger partial charge in [-0.05, 0) is 24.5 Å². The largest absolute Gasteiger partial charge is 0.364 e. The average Bonchev–Trinajstić information content (AvgIpc) is 2.85. The highest BCUT2D eigenvalue weighted by molar-refractivity contribution is 5.74. The lowest BCUT2D eigenvalue weighted by molar-refractivity contribution is 0.664. The van der Waals surface area contributed by atoms with Crippen LogP contribution in [0.2, 0.25) is 0 Å². The van der Waals surface area contributed by atoms with Crippen LogP contribution in [0.25, 0.3) is 0 Å². The van der Waals surface area contributed by atoms with E-state index in [1.54, 1.807) is 0 Å². The van der Waals surface area contributed by atoms with E-state index in [-0.39, 0.29) is 0 Å². The summed E-state index contributed by atoms with van der Waals surface area (Å²) in [4.78, 5) is 0. The maximum absolute atomic E-state index is 3.49. The molecule has 3 rings (SSSR count). The Balaban J connectivity index is 1.73. The average molecular weight is 174 g/mol. The number of fused-ring (bicyclic) bond motifs is 1. The monoisotopic (exact) mass is 174 g/mol. The van der Waals surface area contributed by atoms with Gasteiger partial charge in [-0.25, -0.2) is 0 Å². The molecule has 1 aliphatic carbocycles. The van der Waals surface area contributed by atoms with Crippen LogP contribution in [0.5, 0.6) is 0 Å². The first kappa shape index (κ1) is 7.25. The quantitative estimate of drug-likeness (QED) is 0.720. The van der Waals surface area contributed by atoms with Gasteiger partial charge >= 0.3 is 0 Å². The summed E-state index contributed by atoms with van der Waals surface area (Å²) in [6.45, 7) is 0. The fourth-order valence-corrected chi connectivity index (χ4v) is 1.95. The molecule has 0 aromatic heterocycles. The van der Waals surface area contributed by atoms with Crippen molar-refractivity contribution in [3.63, 3.8) is 0 Å². The second-order valence-corrected chi connectivity index (χ2v) is 4.07. The molecule has 13 heavy (non-hydrogen) atoms. The molecule has 1 aliphatic heterocycles. The molecule has 2 N–H and O–H groups in total. The van der Waals surface area contributed by atoms with Crippen LogP contribution in [0.1, 0.15) is 19.3 Å². The minimum Gasteiger partial charge on any atom is -0.364 e. The summed E-state index contributed by atoms with van der Waals surface area (Å²) in [7, 11) is 0. The van der Waals surface area contributed by atoms with Crippen LogP contribution in [0.4, 0.5) is 11.4 Å². The molecule has 2 nitrogen and oxygen atoms in total. The first-order chi connectivity index (χ1) is 6.42. The second-order valence-electron chi connectivity index (χ2n) is 4.07. The summed E-state index contributed by atoms with van der Waals surface area (Å²) in [5, 5.41) is 6.99. The van der Waals surface area contributed by atoms with Gasteiger partial charge < -0.3 is 10.6 Å². The van der Waals surface area contributed by atoms with Gasteiger partial charge in [0.25, 0.3) is 0 Å². The van der Waals surface area contributed by atoms with Crippen molar-refractivity contribution in [2.45, 2.75) is 25.4 Å². The van der Waals surface area contributed by atoms with Crippen molar-refractivity contribution in [3.8, 4) is 0 Å². The second kappa shape index (κ2) is 2.66. The summed E-state index contributed by atoms with van der Waals surface area (Å²) in [6.07, 6.45) is 4.60. The molecule has 1 aromatic rings. The molecule has 0 atom stereocenters. The van der Waals surface area contributed by atoms with Crippen molar-refractivity contribution < 1.29 is 0 Å². The van der Waals surface area contributed by atoms with Crippen LogP contribution in [0, 0.1) is 5.92 Å². The van der Waals surface area contributed by atoms with Gasteiger partial charge in [0.05, 0.1) is 17.5 Å². The number of hydrogen-bond donors (Lipinski definition) is 2. The Morgan fingerprint density at radius 1 is 1.08 bits per heavy atom. The molecular formula is C11H14N2. The highest BCUT2D eigenvalue weighted by Gasteiger charge is 2.28. The number of nitrogens with one attached hydrogen (secondary N) is 2. The van der Waals surface area contributed by atoms with Gasteiger partial charge in [0, 0.05) is 0 Å². The lowest BCUT2D eigenvalue weighted by atomic mass is 10.2. The molecule has 0 unspecified atom stereocenters. The minimum absolute atomic E-state index is 0.477. The topological polar surface area (TPSA) is 24.1 Å². The van der Waals surface area contributed by atoms with Crippen LogP contribution in [-0.2, 0) is 0 Å². The Hall–Kier alpha value is -1.18. The molecule has 0 amide bonds. The smallest absolute Gasteiger partial charge is 0.0967 e. The third-order valence-corrected chi connectivity index (χ3v) is 2.85. The maximum Gasteiger partial charge on any atom is 0.0967 e. The van der Waals surface area contributed by atoms with E-state index < -0.39 is 0 Å². The highest BCUT2D eigenvalue weighted by atomic mass is 15.2. The SMILES string of the molecule is c1ccc2c(c1)NC(CC1CC1)N2. The first-order valence-electron chi connectivity index (χ1n) is 5.04. The van der Waals surface area contributed by atoms with Gasteiger partial charge in [0.1, 0.15) is 0 Å². The summed E-state index contributed by atoms with van der Waals surface area (Å²) in [6, 6.07) is 8.42. The zero-order chi connectivity index (χ0) is 8.67. The normalized spacial score (nSPS) is 20.6. The van der Waals surface area contributed by atoms with E-state index in [2.05, 4.69) is 34.9 Å². The maximum atomic E-state index is 3.49. The van der Waals surface area contributed by atoms with E-state index in [1.807, 2.05) is 0 Å². The van der Waals surface area contributed by atoms with E-state index in [1.165, 1.54) is 30.6 Å². The van der Waals surface area contributed by atoms with Crippen molar-refractivity contribution in [2.75, 3.05) is 10.6 Å². The van der Waals surface area contributed by atoms with Crippen LogP contribution in [0.3, 0.4) is 0 Å². The third-order valence-electron chi connectivity index (χ3n) is 2.85. The molecule has 2 aliphatic rings. The van der Waals surface area contributed by atoms with Gasteiger partial charge in [-0.3, -0.25) is 0 Å². The van der Waals surface area contributed by atoms with Gasteiger partial charge in [-0.2, -0.15) is 0 Å². The fourth-order valence-electron chi connectivity index (χ4n) is 1.95. The van der Waals surface area contributed by atoms with Gasteiger partial charge in [-0.1, -0.05) is 25.0 Å². The van der Waals surface area contributed by atoms with Crippen molar-refractivity contribution in [2.24, 2.45) is 5.92 Å². The highest BCUT2D eigenvalue weighted by Crippen LogP contribution is 2.37. The number of para-hydroxylation sites is 2. The van der Waals surface area contributed by atoms with E-state index in [0.717, 1.165) is 5.92 Å². The number of benzene rings is 1. The van der Waals surface area contributed by atoms with E-state index in [0.29, 0.717) is 6.17 Å². The fraction of sp³-hybridized carbons (Fsp3) is 0.455. The molecule has 1 aromatic carbocycles.